The highest BCUT2D eigenvalue weighted by Crippen LogP contribution is 2.18. The lowest BCUT2D eigenvalue weighted by atomic mass is 10.1. The van der Waals surface area contributed by atoms with Gasteiger partial charge >= 0.3 is 0 Å². The minimum absolute atomic E-state index is 0.0731. The summed E-state index contributed by atoms with van der Waals surface area (Å²) in [5.41, 5.74) is 0. The van der Waals surface area contributed by atoms with Crippen LogP contribution in [-0.2, 0) is 32.7 Å². The molecule has 1 atom stereocenters. The Hall–Kier alpha value is -2.95. The molecule has 176 valence electrons. The number of hydrogen-bond acceptors (Lipinski definition) is 6. The summed E-state index contributed by atoms with van der Waals surface area (Å²) >= 11 is 1.47. The number of carbonyl (C=O) groups excluding carboxylic acids is 2. The third-order valence-corrected chi connectivity index (χ3v) is 7.23. The number of furan rings is 1. The highest BCUT2D eigenvalue weighted by atomic mass is 32.2. The van der Waals surface area contributed by atoms with Gasteiger partial charge in [-0.2, -0.15) is 0 Å². The second kappa shape index (κ2) is 11.8. The fourth-order valence-corrected chi connectivity index (χ4v) is 4.99. The van der Waals surface area contributed by atoms with Gasteiger partial charge in [-0.1, -0.05) is 37.6 Å². The predicted octanol–water partition coefficient (Wildman–Crippen LogP) is 3.13. The largest absolute Gasteiger partial charge is 0.467 e. The van der Waals surface area contributed by atoms with E-state index in [0.29, 0.717) is 18.6 Å². The molecule has 0 aliphatic rings. The highest BCUT2D eigenvalue weighted by molar-refractivity contribution is 7.89. The first-order valence-corrected chi connectivity index (χ1v) is 12.9. The van der Waals surface area contributed by atoms with Gasteiger partial charge in [0.2, 0.25) is 21.8 Å². The Kier molecular flexibility index (Phi) is 8.81. The van der Waals surface area contributed by atoms with E-state index in [2.05, 4.69) is 10.0 Å². The number of sulfonamides is 1. The summed E-state index contributed by atoms with van der Waals surface area (Å²) in [6.45, 7) is 1.89. The minimum atomic E-state index is -3.86. The summed E-state index contributed by atoms with van der Waals surface area (Å²) in [6.07, 6.45) is 2.63. The SMILES string of the molecule is CCC[C@@H](C(=O)NCc1ccco1)N(Cc1cccs1)C(=O)CNS(=O)(=O)c1ccccc1. The number of carbonyl (C=O) groups is 2. The summed E-state index contributed by atoms with van der Waals surface area (Å²) in [4.78, 5) is 28.7. The van der Waals surface area contributed by atoms with Crippen molar-refractivity contribution >= 4 is 33.2 Å². The van der Waals surface area contributed by atoms with Gasteiger partial charge in [-0.3, -0.25) is 9.59 Å². The Morgan fingerprint density at radius 3 is 2.52 bits per heavy atom. The maximum Gasteiger partial charge on any atom is 0.243 e. The molecular weight excluding hydrogens is 462 g/mol. The fraction of sp³-hybridized carbons (Fsp3) is 0.304. The maximum absolute atomic E-state index is 13.2. The van der Waals surface area contributed by atoms with E-state index in [1.165, 1.54) is 34.6 Å². The van der Waals surface area contributed by atoms with Gasteiger partial charge in [0, 0.05) is 4.88 Å². The van der Waals surface area contributed by atoms with Gasteiger partial charge in [0.25, 0.3) is 0 Å². The Balaban J connectivity index is 1.76. The van der Waals surface area contributed by atoms with Crippen LogP contribution in [0.15, 0.2) is 75.6 Å². The molecule has 0 unspecified atom stereocenters. The molecule has 0 saturated carbocycles. The molecule has 2 heterocycles. The number of nitrogens with zero attached hydrogens (tertiary/aromatic N) is 1. The molecule has 0 fully saturated rings. The molecule has 8 nitrogen and oxygen atoms in total. The van der Waals surface area contributed by atoms with E-state index in [9.17, 15) is 18.0 Å². The van der Waals surface area contributed by atoms with E-state index in [1.807, 2.05) is 24.4 Å². The Morgan fingerprint density at radius 1 is 1.09 bits per heavy atom. The number of thiophene rings is 1. The Morgan fingerprint density at radius 2 is 1.88 bits per heavy atom. The molecule has 0 radical (unpaired) electrons. The number of rotatable bonds is 12. The highest BCUT2D eigenvalue weighted by Gasteiger charge is 2.30. The van der Waals surface area contributed by atoms with E-state index in [4.69, 9.17) is 4.42 Å². The van der Waals surface area contributed by atoms with Crippen molar-refractivity contribution in [1.82, 2.24) is 14.9 Å². The van der Waals surface area contributed by atoms with Crippen molar-refractivity contribution in [3.8, 4) is 0 Å². The smallest absolute Gasteiger partial charge is 0.243 e. The van der Waals surface area contributed by atoms with E-state index in [1.54, 1.807) is 30.3 Å². The van der Waals surface area contributed by atoms with Gasteiger partial charge in [-0.25, -0.2) is 13.1 Å². The summed E-state index contributed by atoms with van der Waals surface area (Å²) < 4.78 is 32.8. The van der Waals surface area contributed by atoms with E-state index in [0.717, 1.165) is 4.88 Å². The normalized spacial score (nSPS) is 12.3. The molecule has 0 aliphatic heterocycles. The van der Waals surface area contributed by atoms with Crippen LogP contribution >= 0.6 is 11.3 Å². The average molecular weight is 490 g/mol. The second-order valence-corrected chi connectivity index (χ2v) is 10.1. The zero-order chi connectivity index (χ0) is 23.7. The fourth-order valence-electron chi connectivity index (χ4n) is 3.29. The molecule has 2 N–H and O–H groups in total. The van der Waals surface area contributed by atoms with Crippen LogP contribution in [0.25, 0.3) is 0 Å². The molecule has 2 aromatic heterocycles. The first-order valence-electron chi connectivity index (χ1n) is 10.6. The van der Waals surface area contributed by atoms with Crippen molar-refractivity contribution in [2.45, 2.75) is 43.8 Å². The summed E-state index contributed by atoms with van der Waals surface area (Å²) in [6, 6.07) is 14.3. The summed E-state index contributed by atoms with van der Waals surface area (Å²) in [7, 11) is -3.86. The first kappa shape index (κ1) is 24.7. The lowest BCUT2D eigenvalue weighted by Gasteiger charge is -2.30. The van der Waals surface area contributed by atoms with Crippen LogP contribution in [-0.4, -0.2) is 37.7 Å². The molecule has 0 aliphatic carbocycles. The van der Waals surface area contributed by atoms with E-state index in [-0.39, 0.29) is 23.9 Å². The standard InChI is InChI=1S/C23H27N3O5S2/c1-2-8-21(23(28)24-15-18-9-6-13-31-18)26(17-19-10-7-14-32-19)22(27)16-25-33(29,30)20-11-4-3-5-12-20/h3-7,9-14,21,25H,2,8,15-17H2,1H3,(H,24,28)/t21-/m0/s1. The summed E-state index contributed by atoms with van der Waals surface area (Å²) in [5.74, 6) is -0.191. The monoisotopic (exact) mass is 489 g/mol. The third-order valence-electron chi connectivity index (χ3n) is 4.95. The molecule has 33 heavy (non-hydrogen) atoms. The van der Waals surface area contributed by atoms with Crippen LogP contribution in [0.1, 0.15) is 30.4 Å². The number of nitrogens with one attached hydrogen (secondary N) is 2. The number of benzene rings is 1. The molecule has 3 aromatic rings. The number of amides is 2. The van der Waals surface area contributed by atoms with Crippen LogP contribution in [0.3, 0.4) is 0 Å². The van der Waals surface area contributed by atoms with Crippen molar-refractivity contribution in [3.05, 3.63) is 76.9 Å². The first-order chi connectivity index (χ1) is 15.9. The Bertz CT molecular complexity index is 1110. The molecule has 1 aromatic carbocycles. The summed E-state index contributed by atoms with van der Waals surface area (Å²) in [5, 5.41) is 4.71. The van der Waals surface area contributed by atoms with Crippen LogP contribution in [0, 0.1) is 0 Å². The lowest BCUT2D eigenvalue weighted by molar-refractivity contribution is -0.140. The van der Waals surface area contributed by atoms with Crippen LogP contribution in [0.4, 0.5) is 0 Å². The number of hydrogen-bond donors (Lipinski definition) is 2. The molecule has 0 spiro atoms. The van der Waals surface area contributed by atoms with Gasteiger partial charge in [-0.15, -0.1) is 11.3 Å². The van der Waals surface area contributed by atoms with E-state index >= 15 is 0 Å². The van der Waals surface area contributed by atoms with Crippen molar-refractivity contribution < 1.29 is 22.4 Å². The maximum atomic E-state index is 13.2. The predicted molar refractivity (Wildman–Crippen MR) is 126 cm³/mol. The zero-order valence-corrected chi connectivity index (χ0v) is 19.9. The van der Waals surface area contributed by atoms with Crippen LogP contribution < -0.4 is 10.0 Å². The van der Waals surface area contributed by atoms with Crippen LogP contribution in [0.5, 0.6) is 0 Å². The van der Waals surface area contributed by atoms with Crippen molar-refractivity contribution in [2.75, 3.05) is 6.54 Å². The van der Waals surface area contributed by atoms with Gasteiger partial charge in [-0.05, 0) is 42.1 Å². The molecule has 10 heteroatoms. The van der Waals surface area contributed by atoms with Crippen molar-refractivity contribution in [2.24, 2.45) is 0 Å². The molecular formula is C23H27N3O5S2. The third kappa shape index (κ3) is 7.01. The zero-order valence-electron chi connectivity index (χ0n) is 18.3. The topological polar surface area (TPSA) is 109 Å². The molecule has 2 amide bonds. The molecule has 3 rings (SSSR count). The van der Waals surface area contributed by atoms with E-state index < -0.39 is 28.5 Å². The quantitative estimate of drug-likeness (QED) is 0.406. The van der Waals surface area contributed by atoms with Gasteiger partial charge in [0.15, 0.2) is 0 Å². The Labute approximate surface area is 197 Å². The van der Waals surface area contributed by atoms with Gasteiger partial charge < -0.3 is 14.6 Å². The average Bonchev–Trinajstić information content (AvgIpc) is 3.53. The second-order valence-electron chi connectivity index (χ2n) is 7.34. The van der Waals surface area contributed by atoms with Crippen LogP contribution in [0.2, 0.25) is 0 Å². The van der Waals surface area contributed by atoms with Crippen molar-refractivity contribution in [1.29, 1.82) is 0 Å². The van der Waals surface area contributed by atoms with Crippen molar-refractivity contribution in [3.63, 3.8) is 0 Å². The minimum Gasteiger partial charge on any atom is -0.467 e. The molecule has 0 bridgehead atoms. The van der Waals surface area contributed by atoms with Gasteiger partial charge in [0.05, 0.1) is 30.8 Å². The van der Waals surface area contributed by atoms with Gasteiger partial charge in [0.1, 0.15) is 11.8 Å². The molecule has 0 saturated heterocycles. The lowest BCUT2D eigenvalue weighted by Crippen LogP contribution is -2.51.